The fraction of sp³-hybridized carbons (Fsp3) is 0.133. The lowest BCUT2D eigenvalue weighted by Gasteiger charge is -2.06. The van der Waals surface area contributed by atoms with Gasteiger partial charge in [-0.15, -0.1) is 0 Å². The van der Waals surface area contributed by atoms with Crippen LogP contribution in [0.15, 0.2) is 42.9 Å². The van der Waals surface area contributed by atoms with Gasteiger partial charge in [0.25, 0.3) is 0 Å². The molecule has 0 saturated heterocycles. The van der Waals surface area contributed by atoms with Crippen LogP contribution in [-0.4, -0.2) is 35.0 Å². The largest absolute Gasteiger partial charge is 0.383 e. The third-order valence-electron chi connectivity index (χ3n) is 2.66. The highest BCUT2D eigenvalue weighted by atomic mass is 35.5. The van der Waals surface area contributed by atoms with E-state index in [9.17, 15) is 4.79 Å². The quantitative estimate of drug-likeness (QED) is 0.811. The van der Waals surface area contributed by atoms with Crippen molar-refractivity contribution in [3.63, 3.8) is 0 Å². The van der Waals surface area contributed by atoms with Crippen molar-refractivity contribution in [3.05, 3.63) is 64.6 Å². The number of halogens is 1. The molecule has 1 aromatic carbocycles. The third-order valence-corrected chi connectivity index (χ3v) is 2.92. The minimum atomic E-state index is -0.102. The Morgan fingerprint density at radius 1 is 1.15 bits per heavy atom. The van der Waals surface area contributed by atoms with E-state index in [0.717, 1.165) is 5.56 Å². The van der Waals surface area contributed by atoms with Gasteiger partial charge >= 0.3 is 0 Å². The van der Waals surface area contributed by atoms with Gasteiger partial charge in [0.2, 0.25) is 0 Å². The first-order valence-electron chi connectivity index (χ1n) is 6.03. The topological polar surface area (TPSA) is 46.1 Å². The molecule has 0 N–H and O–H groups in total. The van der Waals surface area contributed by atoms with Crippen molar-refractivity contribution >= 4 is 23.5 Å². The molecule has 0 atom stereocenters. The Hall–Kier alpha value is -2.20. The van der Waals surface area contributed by atoms with E-state index >= 15 is 0 Å². The molecule has 0 aliphatic carbocycles. The summed E-state index contributed by atoms with van der Waals surface area (Å²) in [6.45, 7) is 0. The lowest BCUT2D eigenvalue weighted by molar-refractivity contribution is 0.103. The van der Waals surface area contributed by atoms with E-state index in [0.29, 0.717) is 16.1 Å². The van der Waals surface area contributed by atoms with Gasteiger partial charge in [-0.25, -0.2) is 0 Å². The minimum Gasteiger partial charge on any atom is -0.383 e. The molecule has 0 aliphatic rings. The molecule has 2 rings (SSSR count). The number of rotatable bonds is 4. The van der Waals surface area contributed by atoms with Gasteiger partial charge in [-0.2, -0.15) is 10.2 Å². The molecule has 0 amide bonds. The predicted octanol–water partition coefficient (Wildman–Crippen LogP) is 2.89. The van der Waals surface area contributed by atoms with E-state index < -0.39 is 0 Å². The number of carbonyl (C=O) groups excluding carboxylic acids is 1. The average Bonchev–Trinajstić information content (AvgIpc) is 2.45. The summed E-state index contributed by atoms with van der Waals surface area (Å²) in [4.78, 5) is 14.4. The number of hydrogen-bond acceptors (Lipinski definition) is 4. The van der Waals surface area contributed by atoms with Crippen LogP contribution >= 0.6 is 11.6 Å². The summed E-state index contributed by atoms with van der Waals surface area (Å²) < 4.78 is 0. The van der Waals surface area contributed by atoms with Crippen LogP contribution in [0.5, 0.6) is 0 Å². The van der Waals surface area contributed by atoms with Gasteiger partial charge < -0.3 is 4.90 Å². The fourth-order valence-corrected chi connectivity index (χ4v) is 1.77. The van der Waals surface area contributed by atoms with Crippen LogP contribution in [0.4, 0.5) is 0 Å². The van der Waals surface area contributed by atoms with E-state index in [4.69, 9.17) is 11.6 Å². The van der Waals surface area contributed by atoms with Crippen molar-refractivity contribution in [1.82, 2.24) is 15.1 Å². The molecule has 0 spiro atoms. The van der Waals surface area contributed by atoms with Crippen LogP contribution in [0.25, 0.3) is 6.08 Å². The lowest BCUT2D eigenvalue weighted by atomic mass is 10.0. The number of nitrogens with zero attached hydrogens (tertiary/aromatic N) is 3. The number of benzene rings is 1. The second kappa shape index (κ2) is 6.30. The van der Waals surface area contributed by atoms with Gasteiger partial charge in [-0.05, 0) is 36.5 Å². The monoisotopic (exact) mass is 287 g/mol. The van der Waals surface area contributed by atoms with Crippen LogP contribution in [-0.2, 0) is 0 Å². The Kier molecular flexibility index (Phi) is 4.48. The molecule has 0 fully saturated rings. The Morgan fingerprint density at radius 2 is 1.80 bits per heavy atom. The maximum absolute atomic E-state index is 12.5. The summed E-state index contributed by atoms with van der Waals surface area (Å²) in [5.74, 6) is -0.102. The first-order chi connectivity index (χ1) is 9.58. The summed E-state index contributed by atoms with van der Waals surface area (Å²) in [5.41, 5.74) is 1.82. The number of carbonyl (C=O) groups is 1. The van der Waals surface area contributed by atoms with E-state index in [2.05, 4.69) is 10.2 Å². The zero-order valence-electron chi connectivity index (χ0n) is 11.2. The standard InChI is InChI=1S/C15H14ClN3O/c1-19(2)8-7-12-9-17-18-10-14(12)15(20)11-3-5-13(16)6-4-11/h3-10H,1-2H3/b8-7+. The van der Waals surface area contributed by atoms with Crippen LogP contribution in [0.1, 0.15) is 21.5 Å². The molecule has 1 heterocycles. The summed E-state index contributed by atoms with van der Waals surface area (Å²) in [6, 6.07) is 6.78. The van der Waals surface area contributed by atoms with E-state index in [-0.39, 0.29) is 5.78 Å². The van der Waals surface area contributed by atoms with Crippen molar-refractivity contribution in [2.24, 2.45) is 0 Å². The molecule has 1 aromatic heterocycles. The van der Waals surface area contributed by atoms with Crippen molar-refractivity contribution in [1.29, 1.82) is 0 Å². The van der Waals surface area contributed by atoms with E-state index in [1.807, 2.05) is 31.3 Å². The van der Waals surface area contributed by atoms with Gasteiger partial charge in [0.1, 0.15) is 0 Å². The molecule has 0 bridgehead atoms. The summed E-state index contributed by atoms with van der Waals surface area (Å²) in [7, 11) is 3.82. The summed E-state index contributed by atoms with van der Waals surface area (Å²) >= 11 is 5.83. The van der Waals surface area contributed by atoms with Crippen molar-refractivity contribution in [2.75, 3.05) is 14.1 Å². The summed E-state index contributed by atoms with van der Waals surface area (Å²) in [6.07, 6.45) is 6.74. The van der Waals surface area contributed by atoms with Crippen LogP contribution in [0, 0.1) is 0 Å². The molecule has 0 aliphatic heterocycles. The highest BCUT2D eigenvalue weighted by Crippen LogP contribution is 2.16. The van der Waals surface area contributed by atoms with E-state index in [1.165, 1.54) is 6.20 Å². The first kappa shape index (κ1) is 14.2. The van der Waals surface area contributed by atoms with Crippen LogP contribution in [0.3, 0.4) is 0 Å². The van der Waals surface area contributed by atoms with Crippen molar-refractivity contribution < 1.29 is 4.79 Å². The molecule has 5 heteroatoms. The number of aromatic nitrogens is 2. The van der Waals surface area contributed by atoms with Crippen LogP contribution in [0.2, 0.25) is 5.02 Å². The number of ketones is 1. The molecule has 4 nitrogen and oxygen atoms in total. The average molecular weight is 288 g/mol. The van der Waals surface area contributed by atoms with E-state index in [1.54, 1.807) is 30.5 Å². The molecular formula is C15H14ClN3O. The smallest absolute Gasteiger partial charge is 0.195 e. The molecular weight excluding hydrogens is 274 g/mol. The molecule has 2 aromatic rings. The lowest BCUT2D eigenvalue weighted by Crippen LogP contribution is -2.06. The van der Waals surface area contributed by atoms with Gasteiger partial charge in [0.05, 0.1) is 18.0 Å². The zero-order valence-corrected chi connectivity index (χ0v) is 12.0. The first-order valence-corrected chi connectivity index (χ1v) is 6.41. The van der Waals surface area contributed by atoms with Gasteiger partial charge in [-0.1, -0.05) is 11.6 Å². The van der Waals surface area contributed by atoms with Gasteiger partial charge in [-0.3, -0.25) is 4.79 Å². The molecule has 20 heavy (non-hydrogen) atoms. The maximum atomic E-state index is 12.5. The Labute approximate surface area is 122 Å². The Bertz CT molecular complexity index is 636. The van der Waals surface area contributed by atoms with Gasteiger partial charge in [0.15, 0.2) is 5.78 Å². The normalized spacial score (nSPS) is 10.8. The van der Waals surface area contributed by atoms with Gasteiger partial charge in [0, 0.05) is 30.2 Å². The minimum absolute atomic E-state index is 0.102. The Balaban J connectivity index is 2.37. The SMILES string of the molecule is CN(C)/C=C/c1cnncc1C(=O)c1ccc(Cl)cc1. The molecule has 0 unspecified atom stereocenters. The third kappa shape index (κ3) is 3.42. The number of hydrogen-bond donors (Lipinski definition) is 0. The Morgan fingerprint density at radius 3 is 2.45 bits per heavy atom. The second-order valence-corrected chi connectivity index (χ2v) is 4.91. The van der Waals surface area contributed by atoms with Crippen molar-refractivity contribution in [2.45, 2.75) is 0 Å². The highest BCUT2D eigenvalue weighted by molar-refractivity contribution is 6.30. The predicted molar refractivity (Wildman–Crippen MR) is 79.6 cm³/mol. The maximum Gasteiger partial charge on any atom is 0.195 e. The molecule has 0 radical (unpaired) electrons. The second-order valence-electron chi connectivity index (χ2n) is 4.47. The highest BCUT2D eigenvalue weighted by Gasteiger charge is 2.13. The summed E-state index contributed by atoms with van der Waals surface area (Å²) in [5, 5.41) is 8.21. The zero-order chi connectivity index (χ0) is 14.5. The molecule has 102 valence electrons. The van der Waals surface area contributed by atoms with Crippen LogP contribution < -0.4 is 0 Å². The fourth-order valence-electron chi connectivity index (χ4n) is 1.64. The van der Waals surface area contributed by atoms with Crippen molar-refractivity contribution in [3.8, 4) is 0 Å². The molecule has 0 saturated carbocycles.